The highest BCUT2D eigenvalue weighted by atomic mass is 16.5. The number of hydrogen-bond donors (Lipinski definition) is 1. The van der Waals surface area contributed by atoms with E-state index in [9.17, 15) is 5.11 Å². The Balaban J connectivity index is 2.35. The van der Waals surface area contributed by atoms with Crippen molar-refractivity contribution in [1.82, 2.24) is 0 Å². The molecule has 0 spiro atoms. The minimum absolute atomic E-state index is 0.219. The Labute approximate surface area is 83.9 Å². The lowest BCUT2D eigenvalue weighted by molar-refractivity contribution is 0.374. The van der Waals surface area contributed by atoms with Gasteiger partial charge in [-0.2, -0.15) is 0 Å². The molecule has 0 aliphatic carbocycles. The predicted octanol–water partition coefficient (Wildman–Crippen LogP) is 2.00. The van der Waals surface area contributed by atoms with Crippen molar-refractivity contribution in [3.8, 4) is 11.5 Å². The van der Waals surface area contributed by atoms with Gasteiger partial charge < -0.3 is 14.7 Å². The first-order valence-electron chi connectivity index (χ1n) is 4.94. The van der Waals surface area contributed by atoms with E-state index in [-0.39, 0.29) is 5.75 Å². The largest absolute Gasteiger partial charge is 0.504 e. The van der Waals surface area contributed by atoms with E-state index in [1.165, 1.54) is 12.8 Å². The lowest BCUT2D eigenvalue weighted by atomic mass is 10.2. The Morgan fingerprint density at radius 1 is 1.29 bits per heavy atom. The number of hydrogen-bond acceptors (Lipinski definition) is 3. The van der Waals surface area contributed by atoms with Crippen molar-refractivity contribution in [2.75, 3.05) is 25.1 Å². The average molecular weight is 193 g/mol. The molecule has 1 aromatic rings. The van der Waals surface area contributed by atoms with Crippen LogP contribution in [0.3, 0.4) is 0 Å². The number of phenols is 1. The number of aromatic hydroxyl groups is 1. The molecular formula is C11H15NO2. The minimum Gasteiger partial charge on any atom is -0.504 e. The van der Waals surface area contributed by atoms with Gasteiger partial charge in [-0.25, -0.2) is 0 Å². The molecule has 3 nitrogen and oxygen atoms in total. The second-order valence-corrected chi connectivity index (χ2v) is 3.52. The van der Waals surface area contributed by atoms with Crippen molar-refractivity contribution < 1.29 is 9.84 Å². The molecule has 0 aromatic heterocycles. The number of phenolic OH excluding ortho intramolecular Hbond substituents is 1. The van der Waals surface area contributed by atoms with Gasteiger partial charge in [0.2, 0.25) is 0 Å². The number of para-hydroxylation sites is 1. The van der Waals surface area contributed by atoms with Gasteiger partial charge in [0, 0.05) is 13.1 Å². The summed E-state index contributed by atoms with van der Waals surface area (Å²) in [4.78, 5) is 2.25. The van der Waals surface area contributed by atoms with Crippen LogP contribution in [0.15, 0.2) is 18.2 Å². The van der Waals surface area contributed by atoms with E-state index in [0.29, 0.717) is 5.75 Å². The summed E-state index contributed by atoms with van der Waals surface area (Å²) in [7, 11) is 1.59. The first-order valence-corrected chi connectivity index (χ1v) is 4.94. The standard InChI is InChI=1S/C11H15NO2/c1-14-11-9(5-4-6-10(11)13)12-7-2-3-8-12/h4-6,13H,2-3,7-8H2,1H3. The van der Waals surface area contributed by atoms with Crippen molar-refractivity contribution in [3.63, 3.8) is 0 Å². The molecule has 1 aliphatic heterocycles. The molecule has 0 radical (unpaired) electrons. The van der Waals surface area contributed by atoms with Crippen LogP contribution in [0.1, 0.15) is 12.8 Å². The second kappa shape index (κ2) is 3.78. The van der Waals surface area contributed by atoms with Crippen LogP contribution in [-0.2, 0) is 0 Å². The SMILES string of the molecule is COc1c(O)cccc1N1CCCC1. The van der Waals surface area contributed by atoms with Crippen molar-refractivity contribution in [2.24, 2.45) is 0 Å². The number of benzene rings is 1. The normalized spacial score (nSPS) is 15.9. The Hall–Kier alpha value is -1.38. The fourth-order valence-corrected chi connectivity index (χ4v) is 1.93. The molecule has 1 aromatic carbocycles. The van der Waals surface area contributed by atoms with E-state index in [1.807, 2.05) is 12.1 Å². The van der Waals surface area contributed by atoms with Gasteiger partial charge in [-0.15, -0.1) is 0 Å². The molecule has 3 heteroatoms. The number of ether oxygens (including phenoxy) is 1. The van der Waals surface area contributed by atoms with Crippen LogP contribution in [0.5, 0.6) is 11.5 Å². The molecule has 1 saturated heterocycles. The highest BCUT2D eigenvalue weighted by Crippen LogP contribution is 2.37. The quantitative estimate of drug-likeness (QED) is 0.779. The Bertz CT molecular complexity index is 319. The molecule has 0 atom stereocenters. The molecule has 1 heterocycles. The van der Waals surface area contributed by atoms with Gasteiger partial charge in [-0.1, -0.05) is 6.07 Å². The molecule has 2 rings (SSSR count). The summed E-state index contributed by atoms with van der Waals surface area (Å²) < 4.78 is 5.20. The fourth-order valence-electron chi connectivity index (χ4n) is 1.93. The van der Waals surface area contributed by atoms with Gasteiger partial charge in [-0.05, 0) is 25.0 Å². The van der Waals surface area contributed by atoms with Gasteiger partial charge in [0.25, 0.3) is 0 Å². The Kier molecular flexibility index (Phi) is 2.48. The maximum absolute atomic E-state index is 9.60. The summed E-state index contributed by atoms with van der Waals surface area (Å²) in [5, 5.41) is 9.60. The fraction of sp³-hybridized carbons (Fsp3) is 0.455. The van der Waals surface area contributed by atoms with E-state index in [1.54, 1.807) is 13.2 Å². The van der Waals surface area contributed by atoms with Crippen LogP contribution in [0.4, 0.5) is 5.69 Å². The Morgan fingerprint density at radius 3 is 2.64 bits per heavy atom. The van der Waals surface area contributed by atoms with E-state index < -0.39 is 0 Å². The van der Waals surface area contributed by atoms with Crippen LogP contribution in [0, 0.1) is 0 Å². The summed E-state index contributed by atoms with van der Waals surface area (Å²) in [5.41, 5.74) is 1.00. The van der Waals surface area contributed by atoms with E-state index in [0.717, 1.165) is 18.8 Å². The number of rotatable bonds is 2. The van der Waals surface area contributed by atoms with Crippen molar-refractivity contribution in [2.45, 2.75) is 12.8 Å². The van der Waals surface area contributed by atoms with Crippen LogP contribution in [-0.4, -0.2) is 25.3 Å². The summed E-state index contributed by atoms with van der Waals surface area (Å²) >= 11 is 0. The zero-order valence-electron chi connectivity index (χ0n) is 8.36. The third-order valence-corrected chi connectivity index (χ3v) is 2.62. The highest BCUT2D eigenvalue weighted by molar-refractivity contribution is 5.64. The van der Waals surface area contributed by atoms with Crippen molar-refractivity contribution in [1.29, 1.82) is 0 Å². The first-order chi connectivity index (χ1) is 6.83. The van der Waals surface area contributed by atoms with Crippen LogP contribution >= 0.6 is 0 Å². The summed E-state index contributed by atoms with van der Waals surface area (Å²) in [6, 6.07) is 5.49. The zero-order valence-corrected chi connectivity index (χ0v) is 8.36. The summed E-state index contributed by atoms with van der Waals surface area (Å²) in [6.07, 6.45) is 2.44. The molecular weight excluding hydrogens is 178 g/mol. The van der Waals surface area contributed by atoms with Gasteiger partial charge in [0.05, 0.1) is 12.8 Å². The van der Waals surface area contributed by atoms with Crippen LogP contribution in [0.25, 0.3) is 0 Å². The van der Waals surface area contributed by atoms with Gasteiger partial charge in [-0.3, -0.25) is 0 Å². The van der Waals surface area contributed by atoms with E-state index in [2.05, 4.69) is 4.90 Å². The number of nitrogens with zero attached hydrogens (tertiary/aromatic N) is 1. The highest BCUT2D eigenvalue weighted by Gasteiger charge is 2.17. The van der Waals surface area contributed by atoms with E-state index >= 15 is 0 Å². The lowest BCUT2D eigenvalue weighted by Gasteiger charge is -2.20. The molecule has 0 amide bonds. The molecule has 1 fully saturated rings. The molecule has 1 N–H and O–H groups in total. The third-order valence-electron chi connectivity index (χ3n) is 2.62. The molecule has 76 valence electrons. The van der Waals surface area contributed by atoms with Gasteiger partial charge in [0.1, 0.15) is 0 Å². The summed E-state index contributed by atoms with van der Waals surface area (Å²) in [6.45, 7) is 2.11. The molecule has 14 heavy (non-hydrogen) atoms. The minimum atomic E-state index is 0.219. The number of anilines is 1. The maximum Gasteiger partial charge on any atom is 0.183 e. The van der Waals surface area contributed by atoms with E-state index in [4.69, 9.17) is 4.74 Å². The maximum atomic E-state index is 9.60. The third kappa shape index (κ3) is 1.50. The monoisotopic (exact) mass is 193 g/mol. The topological polar surface area (TPSA) is 32.7 Å². The first kappa shape index (κ1) is 9.19. The van der Waals surface area contributed by atoms with Crippen molar-refractivity contribution in [3.05, 3.63) is 18.2 Å². The average Bonchev–Trinajstić information content (AvgIpc) is 2.70. The Morgan fingerprint density at radius 2 is 2.00 bits per heavy atom. The van der Waals surface area contributed by atoms with Crippen LogP contribution in [0.2, 0.25) is 0 Å². The second-order valence-electron chi connectivity index (χ2n) is 3.52. The lowest BCUT2D eigenvalue weighted by Crippen LogP contribution is -2.18. The molecule has 0 saturated carbocycles. The molecule has 1 aliphatic rings. The van der Waals surface area contributed by atoms with Gasteiger partial charge in [0.15, 0.2) is 11.5 Å². The van der Waals surface area contributed by atoms with Gasteiger partial charge >= 0.3 is 0 Å². The predicted molar refractivity (Wildman–Crippen MR) is 56.1 cm³/mol. The molecule has 0 unspecified atom stereocenters. The smallest absolute Gasteiger partial charge is 0.183 e. The molecule has 0 bridgehead atoms. The van der Waals surface area contributed by atoms with Crippen molar-refractivity contribution >= 4 is 5.69 Å². The number of methoxy groups -OCH3 is 1. The summed E-state index contributed by atoms with van der Waals surface area (Å²) in [5.74, 6) is 0.811. The zero-order chi connectivity index (χ0) is 9.97. The van der Waals surface area contributed by atoms with Crippen LogP contribution < -0.4 is 9.64 Å².